The Kier molecular flexibility index (Phi) is 16.2. The maximum atomic E-state index is 9.97. The normalized spacial score (nSPS) is 14.7. The number of unbranched alkanes of at least 4 members (excludes halogenated alkanes) is 11. The first kappa shape index (κ1) is 22.6. The van der Waals surface area contributed by atoms with Crippen molar-refractivity contribution in [2.75, 3.05) is 20.7 Å². The lowest BCUT2D eigenvalue weighted by molar-refractivity contribution is 0.0672. The predicted octanol–water partition coefficient (Wildman–Crippen LogP) is 4.53. The minimum atomic E-state index is -0.581. The second kappa shape index (κ2) is 16.5. The van der Waals surface area contributed by atoms with Gasteiger partial charge in [-0.3, -0.25) is 0 Å². The minimum absolute atomic E-state index is 0.0169. The van der Waals surface area contributed by atoms with E-state index in [-0.39, 0.29) is 12.6 Å². The Hall–Kier alpha value is -0.380. The fourth-order valence-electron chi connectivity index (χ4n) is 2.87. The molecule has 0 aromatic carbocycles. The van der Waals surface area contributed by atoms with E-state index in [9.17, 15) is 10.2 Å². The fraction of sp³-hybridized carbons (Fsp3) is 0.900. The van der Waals surface area contributed by atoms with Crippen molar-refractivity contribution in [1.29, 1.82) is 0 Å². The molecule has 0 aromatic heterocycles. The number of allylic oxidation sites excluding steroid dienone is 1. The Morgan fingerprint density at radius 2 is 1.30 bits per heavy atom. The van der Waals surface area contributed by atoms with Gasteiger partial charge in [0.05, 0.1) is 18.8 Å². The monoisotopic (exact) mass is 327 g/mol. The third kappa shape index (κ3) is 13.7. The largest absolute Gasteiger partial charge is 0.395 e. The van der Waals surface area contributed by atoms with E-state index in [1.54, 1.807) is 0 Å². The summed E-state index contributed by atoms with van der Waals surface area (Å²) in [7, 11) is 3.75. The summed E-state index contributed by atoms with van der Waals surface area (Å²) >= 11 is 0. The molecule has 0 aliphatic rings. The molecule has 0 heterocycles. The van der Waals surface area contributed by atoms with Crippen LogP contribution >= 0.6 is 0 Å². The van der Waals surface area contributed by atoms with Gasteiger partial charge in [-0.1, -0.05) is 83.3 Å². The lowest BCUT2D eigenvalue weighted by Crippen LogP contribution is -2.40. The minimum Gasteiger partial charge on any atom is -0.395 e. The van der Waals surface area contributed by atoms with Gasteiger partial charge in [0.1, 0.15) is 0 Å². The summed E-state index contributed by atoms with van der Waals surface area (Å²) in [5.41, 5.74) is 0. The van der Waals surface area contributed by atoms with Gasteiger partial charge in [-0.15, -0.1) is 0 Å². The van der Waals surface area contributed by atoms with Gasteiger partial charge in [0.25, 0.3) is 0 Å². The molecule has 2 N–H and O–H groups in total. The van der Waals surface area contributed by atoms with Crippen LogP contribution in [0.3, 0.4) is 0 Å². The van der Waals surface area contributed by atoms with E-state index in [0.29, 0.717) is 0 Å². The van der Waals surface area contributed by atoms with E-state index in [0.717, 1.165) is 6.42 Å². The van der Waals surface area contributed by atoms with Gasteiger partial charge in [0, 0.05) is 0 Å². The first-order chi connectivity index (χ1) is 11.1. The third-order valence-corrected chi connectivity index (χ3v) is 4.55. The van der Waals surface area contributed by atoms with Gasteiger partial charge in [-0.25, -0.2) is 0 Å². The molecule has 0 rings (SSSR count). The van der Waals surface area contributed by atoms with E-state index in [1.807, 2.05) is 25.1 Å². The lowest BCUT2D eigenvalue weighted by atomic mass is 10.0. The second-order valence-corrected chi connectivity index (χ2v) is 6.96. The molecule has 3 nitrogen and oxygen atoms in total. The summed E-state index contributed by atoms with van der Waals surface area (Å²) in [6.07, 6.45) is 19.3. The van der Waals surface area contributed by atoms with Crippen LogP contribution in [-0.2, 0) is 0 Å². The summed E-state index contributed by atoms with van der Waals surface area (Å²) in [5, 5.41) is 19.2. The van der Waals surface area contributed by atoms with Crippen LogP contribution in [0.5, 0.6) is 0 Å². The molecule has 0 amide bonds. The van der Waals surface area contributed by atoms with Crippen LogP contribution in [-0.4, -0.2) is 48.0 Å². The van der Waals surface area contributed by atoms with Gasteiger partial charge < -0.3 is 15.1 Å². The summed E-state index contributed by atoms with van der Waals surface area (Å²) in [5.74, 6) is 0. The van der Waals surface area contributed by atoms with Crippen LogP contribution in [0, 0.1) is 0 Å². The van der Waals surface area contributed by atoms with E-state index in [1.165, 1.54) is 70.6 Å². The molecule has 2 atom stereocenters. The smallest absolute Gasteiger partial charge is 0.0898 e. The number of nitrogens with zero attached hydrogens (tertiary/aromatic N) is 1. The topological polar surface area (TPSA) is 43.7 Å². The fourth-order valence-corrected chi connectivity index (χ4v) is 2.87. The van der Waals surface area contributed by atoms with Crippen molar-refractivity contribution in [2.45, 2.75) is 96.1 Å². The number of aliphatic hydroxyl groups is 2. The molecule has 0 saturated heterocycles. The summed E-state index contributed by atoms with van der Waals surface area (Å²) in [4.78, 5) is 1.86. The van der Waals surface area contributed by atoms with Gasteiger partial charge in [0.2, 0.25) is 0 Å². The molecule has 0 saturated carbocycles. The summed E-state index contributed by atoms with van der Waals surface area (Å²) in [6, 6.07) is -0.205. The molecule has 0 aliphatic carbocycles. The van der Waals surface area contributed by atoms with E-state index < -0.39 is 6.10 Å². The molecule has 138 valence electrons. The van der Waals surface area contributed by atoms with Crippen molar-refractivity contribution >= 4 is 0 Å². The Morgan fingerprint density at radius 3 is 1.74 bits per heavy atom. The van der Waals surface area contributed by atoms with Gasteiger partial charge in [0.15, 0.2) is 0 Å². The van der Waals surface area contributed by atoms with Gasteiger partial charge in [-0.2, -0.15) is 0 Å². The Balaban J connectivity index is 3.40. The van der Waals surface area contributed by atoms with Crippen molar-refractivity contribution in [3.05, 3.63) is 12.2 Å². The number of aliphatic hydroxyl groups excluding tert-OH is 2. The average Bonchev–Trinajstić information content (AvgIpc) is 2.52. The first-order valence-corrected chi connectivity index (χ1v) is 9.75. The molecular formula is C20H41NO2. The zero-order valence-corrected chi connectivity index (χ0v) is 15.8. The molecule has 0 aromatic rings. The Bertz CT molecular complexity index is 266. The number of hydrogen-bond donors (Lipinski definition) is 2. The molecular weight excluding hydrogens is 286 g/mol. The molecule has 3 heteroatoms. The molecule has 23 heavy (non-hydrogen) atoms. The van der Waals surface area contributed by atoms with Crippen LogP contribution in [0.4, 0.5) is 0 Å². The highest BCUT2D eigenvalue weighted by atomic mass is 16.3. The van der Waals surface area contributed by atoms with Crippen molar-refractivity contribution in [3.8, 4) is 0 Å². The van der Waals surface area contributed by atoms with Crippen molar-refractivity contribution in [1.82, 2.24) is 4.90 Å². The Labute approximate surface area is 144 Å². The number of likely N-dealkylation sites (N-methyl/N-ethyl adjacent to an activating group) is 1. The van der Waals surface area contributed by atoms with Crippen molar-refractivity contribution < 1.29 is 10.2 Å². The number of hydrogen-bond acceptors (Lipinski definition) is 3. The highest BCUT2D eigenvalue weighted by Crippen LogP contribution is 2.12. The van der Waals surface area contributed by atoms with Crippen LogP contribution in [0.1, 0.15) is 84.0 Å². The predicted molar refractivity (Wildman–Crippen MR) is 101 cm³/mol. The summed E-state index contributed by atoms with van der Waals surface area (Å²) in [6.45, 7) is 2.25. The van der Waals surface area contributed by atoms with Crippen LogP contribution in [0.2, 0.25) is 0 Å². The zero-order valence-electron chi connectivity index (χ0n) is 15.8. The highest BCUT2D eigenvalue weighted by Gasteiger charge is 2.17. The van der Waals surface area contributed by atoms with Crippen molar-refractivity contribution in [3.63, 3.8) is 0 Å². The quantitative estimate of drug-likeness (QED) is 0.323. The standard InChI is InChI=1S/C20H41NO2/c1-4-5-6-7-8-9-10-11-12-13-14-15-16-17-20(23)19(18-22)21(2)3/h16-17,19-20,22-23H,4-15,18H2,1-3H3/b17-16+. The molecule has 0 spiro atoms. The van der Waals surface area contributed by atoms with Crippen LogP contribution in [0.15, 0.2) is 12.2 Å². The average molecular weight is 328 g/mol. The van der Waals surface area contributed by atoms with Crippen LogP contribution in [0.25, 0.3) is 0 Å². The zero-order chi connectivity index (χ0) is 17.3. The maximum Gasteiger partial charge on any atom is 0.0898 e. The van der Waals surface area contributed by atoms with Gasteiger partial charge >= 0.3 is 0 Å². The van der Waals surface area contributed by atoms with E-state index in [2.05, 4.69) is 13.0 Å². The Morgan fingerprint density at radius 1 is 0.826 bits per heavy atom. The summed E-state index contributed by atoms with van der Waals surface area (Å²) < 4.78 is 0. The second-order valence-electron chi connectivity index (χ2n) is 6.96. The molecule has 2 unspecified atom stereocenters. The molecule has 0 fully saturated rings. The van der Waals surface area contributed by atoms with E-state index in [4.69, 9.17) is 0 Å². The highest BCUT2D eigenvalue weighted by molar-refractivity contribution is 4.94. The molecule has 0 aliphatic heterocycles. The third-order valence-electron chi connectivity index (χ3n) is 4.55. The van der Waals surface area contributed by atoms with Crippen molar-refractivity contribution in [2.24, 2.45) is 0 Å². The maximum absolute atomic E-state index is 9.97. The SMILES string of the molecule is CCCCCCCCCCCCC/C=C/C(O)C(CO)N(C)C. The lowest BCUT2D eigenvalue weighted by Gasteiger charge is -2.25. The molecule has 0 bridgehead atoms. The first-order valence-electron chi connectivity index (χ1n) is 9.75. The van der Waals surface area contributed by atoms with E-state index >= 15 is 0 Å². The van der Waals surface area contributed by atoms with Gasteiger partial charge in [-0.05, 0) is 26.9 Å². The molecule has 0 radical (unpaired) electrons. The number of rotatable bonds is 16. The van der Waals surface area contributed by atoms with Crippen LogP contribution < -0.4 is 0 Å².